The lowest BCUT2D eigenvalue weighted by Crippen LogP contribution is -2.05. The molecule has 2 heterocycles. The zero-order valence-corrected chi connectivity index (χ0v) is 13.3. The number of alkyl halides is 3. The van der Waals surface area contributed by atoms with Gasteiger partial charge in [0.05, 0.1) is 9.40 Å². The molecular weight excluding hydrogens is 325 g/mol. The zero-order chi connectivity index (χ0) is 15.5. The highest BCUT2D eigenvalue weighted by Crippen LogP contribution is 2.45. The van der Waals surface area contributed by atoms with Crippen molar-refractivity contribution in [1.82, 2.24) is 0 Å². The molecule has 2 aromatic heterocycles. The summed E-state index contributed by atoms with van der Waals surface area (Å²) >= 11 is 3.12. The summed E-state index contributed by atoms with van der Waals surface area (Å²) in [5.74, 6) is -2.83. The monoisotopic (exact) mass is 336 g/mol. The predicted octanol–water partition coefficient (Wildman–Crippen LogP) is 6.85. The largest absolute Gasteiger partial charge is 0.270 e. The maximum atomic E-state index is 13.5. The van der Waals surface area contributed by atoms with Crippen LogP contribution in [0.5, 0.6) is 0 Å². The van der Waals surface area contributed by atoms with Crippen LogP contribution in [0.25, 0.3) is 29.6 Å². The summed E-state index contributed by atoms with van der Waals surface area (Å²) in [6.45, 7) is 0.440. The predicted molar refractivity (Wildman–Crippen MR) is 89.1 cm³/mol. The number of thiophene rings is 2. The Bertz CT molecular complexity index is 1010. The minimum absolute atomic E-state index is 0.0397. The molecule has 0 amide bonds. The van der Waals surface area contributed by atoms with Gasteiger partial charge < -0.3 is 0 Å². The average Bonchev–Trinajstić information content (AvgIpc) is 3.00. The molecular formula is C17H11F3S2. The van der Waals surface area contributed by atoms with Crippen molar-refractivity contribution in [3.05, 3.63) is 47.5 Å². The van der Waals surface area contributed by atoms with E-state index in [1.54, 1.807) is 29.5 Å². The highest BCUT2D eigenvalue weighted by Gasteiger charge is 2.25. The fourth-order valence-corrected chi connectivity index (χ4v) is 5.41. The van der Waals surface area contributed by atoms with Crippen LogP contribution in [-0.4, -0.2) is 0 Å². The minimum Gasteiger partial charge on any atom is -0.246 e. The molecule has 0 N–H and O–H groups in total. The van der Waals surface area contributed by atoms with E-state index in [4.69, 9.17) is 0 Å². The van der Waals surface area contributed by atoms with Crippen LogP contribution in [0.4, 0.5) is 13.2 Å². The van der Waals surface area contributed by atoms with Crippen LogP contribution >= 0.6 is 22.7 Å². The van der Waals surface area contributed by atoms with Crippen LogP contribution in [0, 0.1) is 0 Å². The minimum atomic E-state index is -2.83. The molecule has 0 radical (unpaired) electrons. The first-order chi connectivity index (χ1) is 10.5. The van der Waals surface area contributed by atoms with Gasteiger partial charge in [-0.05, 0) is 17.7 Å². The standard InChI is InChI=1S/C17H11F3S2/c1-17(19,20)10-3-5-12-14(7-10)22-15-11-4-2-9(8-18)6-13(11)21-16(12)15/h2-7H,8H2,1H3. The molecule has 4 rings (SSSR count). The molecule has 0 aliphatic carbocycles. The first kappa shape index (κ1) is 14.0. The van der Waals surface area contributed by atoms with Gasteiger partial charge in [0.15, 0.2) is 0 Å². The fourth-order valence-electron chi connectivity index (χ4n) is 2.66. The van der Waals surface area contributed by atoms with Crippen LogP contribution in [0.3, 0.4) is 0 Å². The van der Waals surface area contributed by atoms with Gasteiger partial charge in [0.2, 0.25) is 0 Å². The number of halogens is 3. The van der Waals surface area contributed by atoms with Crippen LogP contribution in [0.15, 0.2) is 36.4 Å². The highest BCUT2D eigenvalue weighted by atomic mass is 32.1. The van der Waals surface area contributed by atoms with E-state index >= 15 is 0 Å². The number of rotatable bonds is 2. The second kappa shape index (κ2) is 4.70. The van der Waals surface area contributed by atoms with Gasteiger partial charge in [0, 0.05) is 32.7 Å². The summed E-state index contributed by atoms with van der Waals surface area (Å²) in [5, 5.41) is 2.07. The Balaban J connectivity index is 2.02. The Labute approximate surface area is 132 Å². The third-order valence-electron chi connectivity index (χ3n) is 3.81. The summed E-state index contributed by atoms with van der Waals surface area (Å²) in [5.41, 5.74) is 0.705. The Morgan fingerprint density at radius 3 is 2.09 bits per heavy atom. The van der Waals surface area contributed by atoms with E-state index in [0.29, 0.717) is 5.56 Å². The van der Waals surface area contributed by atoms with Crippen LogP contribution < -0.4 is 0 Å². The van der Waals surface area contributed by atoms with Gasteiger partial charge in [-0.2, -0.15) is 0 Å². The Morgan fingerprint density at radius 2 is 1.50 bits per heavy atom. The van der Waals surface area contributed by atoms with Crippen molar-refractivity contribution in [2.75, 3.05) is 0 Å². The molecule has 5 heteroatoms. The van der Waals surface area contributed by atoms with Crippen LogP contribution in [0.1, 0.15) is 18.1 Å². The van der Waals surface area contributed by atoms with E-state index in [9.17, 15) is 13.2 Å². The van der Waals surface area contributed by atoms with Gasteiger partial charge in [0.1, 0.15) is 6.67 Å². The summed E-state index contributed by atoms with van der Waals surface area (Å²) in [7, 11) is 0. The number of hydrogen-bond donors (Lipinski definition) is 0. The van der Waals surface area contributed by atoms with Crippen molar-refractivity contribution in [2.45, 2.75) is 19.5 Å². The molecule has 4 aromatic rings. The Morgan fingerprint density at radius 1 is 0.909 bits per heavy atom. The van der Waals surface area contributed by atoms with Crippen LogP contribution in [0.2, 0.25) is 0 Å². The molecule has 0 aliphatic rings. The van der Waals surface area contributed by atoms with E-state index < -0.39 is 12.6 Å². The number of benzene rings is 2. The molecule has 0 unspecified atom stereocenters. The van der Waals surface area contributed by atoms with E-state index in [0.717, 1.165) is 36.5 Å². The lowest BCUT2D eigenvalue weighted by atomic mass is 10.1. The molecule has 0 nitrogen and oxygen atoms in total. The highest BCUT2D eigenvalue weighted by molar-refractivity contribution is 7.36. The normalized spacial score (nSPS) is 12.7. The van der Waals surface area contributed by atoms with Gasteiger partial charge in [-0.15, -0.1) is 22.7 Å². The van der Waals surface area contributed by atoms with E-state index in [2.05, 4.69) is 0 Å². The molecule has 0 aliphatic heterocycles. The smallest absolute Gasteiger partial charge is 0.246 e. The van der Waals surface area contributed by atoms with E-state index in [1.807, 2.05) is 12.1 Å². The SMILES string of the molecule is CC(F)(F)c1ccc2c(c1)sc1c3ccc(CF)cc3sc21. The summed E-state index contributed by atoms with van der Waals surface area (Å²) in [6.07, 6.45) is 0. The summed E-state index contributed by atoms with van der Waals surface area (Å²) < 4.78 is 43.8. The van der Waals surface area contributed by atoms with Gasteiger partial charge in [0.25, 0.3) is 5.92 Å². The first-order valence-electron chi connectivity index (χ1n) is 6.79. The molecule has 0 bridgehead atoms. The zero-order valence-electron chi connectivity index (χ0n) is 11.6. The van der Waals surface area contributed by atoms with Crippen molar-refractivity contribution < 1.29 is 13.2 Å². The fraction of sp³-hybridized carbons (Fsp3) is 0.176. The lowest BCUT2D eigenvalue weighted by Gasteiger charge is -2.09. The van der Waals surface area contributed by atoms with Crippen molar-refractivity contribution in [3.63, 3.8) is 0 Å². The Kier molecular flexibility index (Phi) is 3.00. The van der Waals surface area contributed by atoms with E-state index in [1.165, 1.54) is 17.4 Å². The molecule has 0 saturated carbocycles. The topological polar surface area (TPSA) is 0 Å². The second-order valence-corrected chi connectivity index (χ2v) is 7.53. The van der Waals surface area contributed by atoms with Crippen LogP contribution in [-0.2, 0) is 12.6 Å². The molecule has 0 spiro atoms. The first-order valence-corrected chi connectivity index (χ1v) is 8.42. The third kappa shape index (κ3) is 2.03. The molecule has 112 valence electrons. The molecule has 0 atom stereocenters. The maximum Gasteiger partial charge on any atom is 0.270 e. The number of hydrogen-bond acceptors (Lipinski definition) is 2. The average molecular weight is 336 g/mol. The summed E-state index contributed by atoms with van der Waals surface area (Å²) in [4.78, 5) is 0. The van der Waals surface area contributed by atoms with Crippen molar-refractivity contribution >= 4 is 52.2 Å². The van der Waals surface area contributed by atoms with Gasteiger partial charge in [-0.3, -0.25) is 0 Å². The maximum absolute atomic E-state index is 13.5. The van der Waals surface area contributed by atoms with Crippen molar-refractivity contribution in [2.24, 2.45) is 0 Å². The third-order valence-corrected chi connectivity index (χ3v) is 6.31. The van der Waals surface area contributed by atoms with Gasteiger partial charge in [-0.1, -0.05) is 24.3 Å². The molecule has 2 aromatic carbocycles. The Hall–Kier alpha value is -1.59. The van der Waals surface area contributed by atoms with Crippen molar-refractivity contribution in [1.29, 1.82) is 0 Å². The van der Waals surface area contributed by atoms with Gasteiger partial charge in [-0.25, -0.2) is 13.2 Å². The molecule has 22 heavy (non-hydrogen) atoms. The van der Waals surface area contributed by atoms with Gasteiger partial charge >= 0.3 is 0 Å². The van der Waals surface area contributed by atoms with Crippen molar-refractivity contribution in [3.8, 4) is 0 Å². The lowest BCUT2D eigenvalue weighted by molar-refractivity contribution is 0.0176. The van der Waals surface area contributed by atoms with E-state index in [-0.39, 0.29) is 5.56 Å². The summed E-state index contributed by atoms with van der Waals surface area (Å²) in [6, 6.07) is 10.4. The molecule has 0 saturated heterocycles. The number of fused-ring (bicyclic) bond motifs is 5. The quantitative estimate of drug-likeness (QED) is 0.375. The second-order valence-electron chi connectivity index (χ2n) is 5.43. The molecule has 0 fully saturated rings.